The van der Waals surface area contributed by atoms with Gasteiger partial charge in [-0.15, -0.1) is 0 Å². The van der Waals surface area contributed by atoms with Crippen LogP contribution in [0.4, 0.5) is 0 Å². The number of hydrogen-bond acceptors (Lipinski definition) is 3. The number of rotatable bonds is 3. The largest absolute Gasteiger partial charge is 0.373 e. The molecule has 0 saturated carbocycles. The van der Waals surface area contributed by atoms with Gasteiger partial charge in [-0.05, 0) is 38.8 Å². The molecule has 19 heavy (non-hydrogen) atoms. The number of benzene rings is 1. The van der Waals surface area contributed by atoms with E-state index in [0.29, 0.717) is 12.6 Å². The van der Waals surface area contributed by atoms with Gasteiger partial charge in [0, 0.05) is 25.7 Å². The predicted octanol–water partition coefficient (Wildman–Crippen LogP) is 2.41. The molecule has 3 heteroatoms. The lowest BCUT2D eigenvalue weighted by atomic mass is 9.96. The summed E-state index contributed by atoms with van der Waals surface area (Å²) in [6.07, 6.45) is 0. The van der Waals surface area contributed by atoms with E-state index in [9.17, 15) is 0 Å². The summed E-state index contributed by atoms with van der Waals surface area (Å²) in [6, 6.07) is 6.92. The smallest absolute Gasteiger partial charge is 0.0753 e. The second kappa shape index (κ2) is 5.61. The van der Waals surface area contributed by atoms with Gasteiger partial charge in [-0.25, -0.2) is 0 Å². The minimum atomic E-state index is -0.0800. The Labute approximate surface area is 116 Å². The Morgan fingerprint density at radius 2 is 2.11 bits per heavy atom. The van der Waals surface area contributed by atoms with Crippen LogP contribution in [0.3, 0.4) is 0 Å². The molecule has 1 unspecified atom stereocenters. The zero-order valence-corrected chi connectivity index (χ0v) is 12.6. The lowest BCUT2D eigenvalue weighted by Gasteiger charge is -2.42. The van der Waals surface area contributed by atoms with Gasteiger partial charge in [0.2, 0.25) is 0 Å². The summed E-state index contributed by atoms with van der Waals surface area (Å²) in [6.45, 7) is 11.9. The molecule has 0 aromatic heterocycles. The molecule has 3 nitrogen and oxygen atoms in total. The average Bonchev–Trinajstić information content (AvgIpc) is 2.33. The van der Waals surface area contributed by atoms with E-state index < -0.39 is 0 Å². The molecule has 1 aromatic carbocycles. The van der Waals surface area contributed by atoms with E-state index in [-0.39, 0.29) is 5.60 Å². The fraction of sp³-hybridized carbons (Fsp3) is 0.625. The third-order valence-corrected chi connectivity index (χ3v) is 3.91. The molecular weight excluding hydrogens is 236 g/mol. The van der Waals surface area contributed by atoms with Crippen molar-refractivity contribution >= 4 is 0 Å². The Kier molecular flexibility index (Phi) is 4.29. The molecule has 0 aliphatic carbocycles. The standard InChI is InChI=1S/C16H26N2O/c1-12-5-6-13(2)14(9-12)15(10-17)18-7-8-19-16(3,4)11-18/h5-6,9,15H,7-8,10-11,17H2,1-4H3. The number of ether oxygens (including phenoxy) is 1. The van der Waals surface area contributed by atoms with E-state index in [1.165, 1.54) is 16.7 Å². The fourth-order valence-electron chi connectivity index (χ4n) is 2.91. The topological polar surface area (TPSA) is 38.5 Å². The molecule has 1 aromatic rings. The molecule has 1 atom stereocenters. The van der Waals surface area contributed by atoms with Crippen LogP contribution in [0.1, 0.15) is 36.6 Å². The maximum absolute atomic E-state index is 6.06. The van der Waals surface area contributed by atoms with Crippen LogP contribution in [0.2, 0.25) is 0 Å². The molecule has 1 heterocycles. The third kappa shape index (κ3) is 3.35. The molecule has 1 aliphatic rings. The first-order valence-corrected chi connectivity index (χ1v) is 7.08. The summed E-state index contributed by atoms with van der Waals surface area (Å²) in [5, 5.41) is 0. The first kappa shape index (κ1) is 14.5. The van der Waals surface area contributed by atoms with E-state index in [4.69, 9.17) is 10.5 Å². The second-order valence-corrected chi connectivity index (χ2v) is 6.19. The summed E-state index contributed by atoms with van der Waals surface area (Å²) in [5.74, 6) is 0. The summed E-state index contributed by atoms with van der Waals surface area (Å²) in [4.78, 5) is 2.46. The highest BCUT2D eigenvalue weighted by Gasteiger charge is 2.31. The lowest BCUT2D eigenvalue weighted by Crippen LogP contribution is -2.50. The molecule has 0 amide bonds. The maximum atomic E-state index is 6.06. The van der Waals surface area contributed by atoms with Crippen LogP contribution >= 0.6 is 0 Å². The van der Waals surface area contributed by atoms with Gasteiger partial charge < -0.3 is 10.5 Å². The van der Waals surface area contributed by atoms with Crippen molar-refractivity contribution in [2.24, 2.45) is 5.73 Å². The molecule has 2 rings (SSSR count). The van der Waals surface area contributed by atoms with E-state index in [2.05, 4.69) is 50.8 Å². The van der Waals surface area contributed by atoms with Crippen molar-refractivity contribution in [3.63, 3.8) is 0 Å². The quantitative estimate of drug-likeness (QED) is 0.909. The van der Waals surface area contributed by atoms with Gasteiger partial charge in [0.25, 0.3) is 0 Å². The van der Waals surface area contributed by atoms with Gasteiger partial charge in [0.1, 0.15) is 0 Å². The molecule has 1 aliphatic heterocycles. The number of nitrogens with two attached hydrogens (primary N) is 1. The summed E-state index contributed by atoms with van der Waals surface area (Å²) in [5.41, 5.74) is 9.96. The van der Waals surface area contributed by atoms with E-state index in [0.717, 1.165) is 19.7 Å². The normalized spacial score (nSPS) is 21.3. The maximum Gasteiger partial charge on any atom is 0.0753 e. The van der Waals surface area contributed by atoms with Crippen LogP contribution in [0.15, 0.2) is 18.2 Å². The van der Waals surface area contributed by atoms with Crippen molar-refractivity contribution in [2.45, 2.75) is 39.3 Å². The SMILES string of the molecule is Cc1ccc(C)c(C(CN)N2CCOC(C)(C)C2)c1. The van der Waals surface area contributed by atoms with Gasteiger partial charge in [0.05, 0.1) is 12.2 Å². The summed E-state index contributed by atoms with van der Waals surface area (Å²) >= 11 is 0. The molecule has 0 spiro atoms. The zero-order chi connectivity index (χ0) is 14.0. The number of aryl methyl sites for hydroxylation is 2. The van der Waals surface area contributed by atoms with Crippen LogP contribution in [0.25, 0.3) is 0 Å². The summed E-state index contributed by atoms with van der Waals surface area (Å²) in [7, 11) is 0. The number of hydrogen-bond donors (Lipinski definition) is 1. The second-order valence-electron chi connectivity index (χ2n) is 6.19. The van der Waals surface area contributed by atoms with Crippen LogP contribution < -0.4 is 5.73 Å². The molecule has 2 N–H and O–H groups in total. The van der Waals surface area contributed by atoms with Crippen LogP contribution in [-0.4, -0.2) is 36.7 Å². The Hall–Kier alpha value is -0.900. The third-order valence-electron chi connectivity index (χ3n) is 3.91. The number of morpholine rings is 1. The highest BCUT2D eigenvalue weighted by atomic mass is 16.5. The summed E-state index contributed by atoms with van der Waals surface area (Å²) < 4.78 is 5.80. The first-order chi connectivity index (χ1) is 8.93. The van der Waals surface area contributed by atoms with E-state index in [1.807, 2.05) is 0 Å². The Balaban J connectivity index is 2.26. The van der Waals surface area contributed by atoms with Crippen molar-refractivity contribution in [3.05, 3.63) is 34.9 Å². The first-order valence-electron chi connectivity index (χ1n) is 7.08. The van der Waals surface area contributed by atoms with Crippen molar-refractivity contribution in [2.75, 3.05) is 26.2 Å². The van der Waals surface area contributed by atoms with Gasteiger partial charge in [-0.1, -0.05) is 23.8 Å². The van der Waals surface area contributed by atoms with Crippen molar-refractivity contribution in [1.82, 2.24) is 4.90 Å². The molecule has 1 saturated heterocycles. The van der Waals surface area contributed by atoms with Crippen molar-refractivity contribution in [3.8, 4) is 0 Å². The van der Waals surface area contributed by atoms with Crippen LogP contribution in [-0.2, 0) is 4.74 Å². The van der Waals surface area contributed by atoms with Gasteiger partial charge in [0.15, 0.2) is 0 Å². The fourth-order valence-corrected chi connectivity index (χ4v) is 2.91. The lowest BCUT2D eigenvalue weighted by molar-refractivity contribution is -0.0968. The highest BCUT2D eigenvalue weighted by Crippen LogP contribution is 2.28. The highest BCUT2D eigenvalue weighted by molar-refractivity contribution is 5.33. The van der Waals surface area contributed by atoms with Gasteiger partial charge in [-0.2, -0.15) is 0 Å². The van der Waals surface area contributed by atoms with Gasteiger partial charge in [-0.3, -0.25) is 4.90 Å². The Bertz CT molecular complexity index is 442. The molecule has 0 bridgehead atoms. The molecule has 0 radical (unpaired) electrons. The Morgan fingerprint density at radius 3 is 2.74 bits per heavy atom. The van der Waals surface area contributed by atoms with Crippen molar-refractivity contribution < 1.29 is 4.74 Å². The average molecular weight is 262 g/mol. The van der Waals surface area contributed by atoms with Crippen LogP contribution in [0, 0.1) is 13.8 Å². The molecular formula is C16H26N2O. The molecule has 106 valence electrons. The Morgan fingerprint density at radius 1 is 1.37 bits per heavy atom. The molecule has 1 fully saturated rings. The predicted molar refractivity (Wildman–Crippen MR) is 79.3 cm³/mol. The van der Waals surface area contributed by atoms with Gasteiger partial charge >= 0.3 is 0 Å². The number of nitrogens with zero attached hydrogens (tertiary/aromatic N) is 1. The minimum Gasteiger partial charge on any atom is -0.373 e. The van der Waals surface area contributed by atoms with Crippen LogP contribution in [0.5, 0.6) is 0 Å². The van der Waals surface area contributed by atoms with Crippen molar-refractivity contribution in [1.29, 1.82) is 0 Å². The van der Waals surface area contributed by atoms with E-state index in [1.54, 1.807) is 0 Å². The zero-order valence-electron chi connectivity index (χ0n) is 12.6. The monoisotopic (exact) mass is 262 g/mol. The van der Waals surface area contributed by atoms with E-state index >= 15 is 0 Å². The minimum absolute atomic E-state index is 0.0800.